The number of Topliss-reactive ketones (excluding diaryl/α,β-unsaturated/α-hetero) is 1. The van der Waals surface area contributed by atoms with E-state index < -0.39 is 0 Å². The summed E-state index contributed by atoms with van der Waals surface area (Å²) in [5.74, 6) is 1.63. The molecule has 0 N–H and O–H groups in total. The number of fused-ring (bicyclic) bond motifs is 5. The van der Waals surface area contributed by atoms with E-state index in [-0.39, 0.29) is 5.92 Å². The lowest BCUT2D eigenvalue weighted by Gasteiger charge is -2.26. The molecule has 0 radical (unpaired) electrons. The summed E-state index contributed by atoms with van der Waals surface area (Å²) in [6.45, 7) is 1.98. The number of halogens is 1. The van der Waals surface area contributed by atoms with Gasteiger partial charge in [0, 0.05) is 23.3 Å². The second-order valence-corrected chi connectivity index (χ2v) is 5.48. The van der Waals surface area contributed by atoms with E-state index in [2.05, 4.69) is 6.08 Å². The minimum absolute atomic E-state index is 0.209. The van der Waals surface area contributed by atoms with Gasteiger partial charge in [-0.25, -0.2) is 0 Å². The van der Waals surface area contributed by atoms with E-state index in [0.717, 1.165) is 24.3 Å². The first-order valence-electron chi connectivity index (χ1n) is 5.79. The van der Waals surface area contributed by atoms with Crippen molar-refractivity contribution < 1.29 is 4.79 Å². The summed E-state index contributed by atoms with van der Waals surface area (Å²) in [4.78, 5) is 11.9. The van der Waals surface area contributed by atoms with Crippen molar-refractivity contribution in [3.05, 3.63) is 22.3 Å². The third kappa shape index (κ3) is 1.19. The highest BCUT2D eigenvalue weighted by molar-refractivity contribution is 6.29. The van der Waals surface area contributed by atoms with Crippen LogP contribution in [0.3, 0.4) is 0 Å². The molecule has 2 heteroatoms. The molecule has 2 saturated carbocycles. The van der Waals surface area contributed by atoms with Crippen LogP contribution in [0.2, 0.25) is 0 Å². The number of allylic oxidation sites excluding steroid dienone is 4. The Labute approximate surface area is 95.2 Å². The van der Waals surface area contributed by atoms with Gasteiger partial charge in [-0.2, -0.15) is 0 Å². The SMILES string of the molecule is C/C(Cl)=C1/[C@H]2CC[C@@H]1C1C(=O)CCC=C12. The summed E-state index contributed by atoms with van der Waals surface area (Å²) in [5.41, 5.74) is 2.78. The molecule has 3 aliphatic carbocycles. The monoisotopic (exact) mass is 222 g/mol. The zero-order valence-electron chi connectivity index (χ0n) is 8.92. The molecule has 15 heavy (non-hydrogen) atoms. The average molecular weight is 223 g/mol. The van der Waals surface area contributed by atoms with Crippen molar-refractivity contribution in [2.45, 2.75) is 32.6 Å². The molecule has 3 aliphatic rings. The Morgan fingerprint density at radius 3 is 2.93 bits per heavy atom. The first kappa shape index (κ1) is 9.65. The molecular weight excluding hydrogens is 208 g/mol. The van der Waals surface area contributed by atoms with E-state index in [0.29, 0.717) is 17.6 Å². The molecule has 0 aliphatic heterocycles. The molecule has 0 heterocycles. The molecule has 0 aromatic carbocycles. The lowest BCUT2D eigenvalue weighted by atomic mass is 9.77. The minimum atomic E-state index is 0.209. The van der Waals surface area contributed by atoms with Gasteiger partial charge < -0.3 is 0 Å². The predicted molar refractivity (Wildman–Crippen MR) is 60.6 cm³/mol. The van der Waals surface area contributed by atoms with Crippen molar-refractivity contribution >= 4 is 17.4 Å². The van der Waals surface area contributed by atoms with Crippen molar-refractivity contribution in [2.24, 2.45) is 17.8 Å². The highest BCUT2D eigenvalue weighted by Gasteiger charge is 2.51. The zero-order valence-corrected chi connectivity index (χ0v) is 9.68. The van der Waals surface area contributed by atoms with Gasteiger partial charge in [0.25, 0.3) is 0 Å². The molecule has 3 atom stereocenters. The summed E-state index contributed by atoms with van der Waals surface area (Å²) in [6.07, 6.45) is 6.36. The summed E-state index contributed by atoms with van der Waals surface area (Å²) >= 11 is 6.17. The summed E-state index contributed by atoms with van der Waals surface area (Å²) in [6, 6.07) is 0. The molecule has 0 aromatic rings. The lowest BCUT2D eigenvalue weighted by Crippen LogP contribution is -2.25. The maximum Gasteiger partial charge on any atom is 0.140 e. The van der Waals surface area contributed by atoms with Crippen molar-refractivity contribution in [3.8, 4) is 0 Å². The van der Waals surface area contributed by atoms with E-state index in [1.807, 2.05) is 6.92 Å². The summed E-state index contributed by atoms with van der Waals surface area (Å²) in [5, 5.41) is 0.936. The third-order valence-corrected chi connectivity index (χ3v) is 4.44. The van der Waals surface area contributed by atoms with Crippen molar-refractivity contribution in [2.75, 3.05) is 0 Å². The fourth-order valence-corrected chi connectivity index (χ4v) is 4.04. The van der Waals surface area contributed by atoms with Gasteiger partial charge in [-0.1, -0.05) is 23.3 Å². The number of ketones is 1. The van der Waals surface area contributed by atoms with Gasteiger partial charge in [-0.3, -0.25) is 4.79 Å². The first-order valence-corrected chi connectivity index (χ1v) is 6.16. The molecule has 1 unspecified atom stereocenters. The van der Waals surface area contributed by atoms with E-state index in [4.69, 9.17) is 11.6 Å². The van der Waals surface area contributed by atoms with Crippen LogP contribution in [0.25, 0.3) is 0 Å². The zero-order chi connectivity index (χ0) is 10.6. The molecule has 1 nitrogen and oxygen atoms in total. The lowest BCUT2D eigenvalue weighted by molar-refractivity contribution is -0.123. The van der Waals surface area contributed by atoms with Crippen molar-refractivity contribution in [1.29, 1.82) is 0 Å². The van der Waals surface area contributed by atoms with Gasteiger partial charge in [-0.15, -0.1) is 0 Å². The molecule has 0 aromatic heterocycles. The largest absolute Gasteiger partial charge is 0.299 e. The quantitative estimate of drug-likeness (QED) is 0.574. The Bertz CT molecular complexity index is 387. The van der Waals surface area contributed by atoms with Crippen LogP contribution in [-0.2, 0) is 4.79 Å². The fraction of sp³-hybridized carbons (Fsp3) is 0.615. The van der Waals surface area contributed by atoms with Crippen molar-refractivity contribution in [3.63, 3.8) is 0 Å². The fourth-order valence-electron chi connectivity index (χ4n) is 3.77. The van der Waals surface area contributed by atoms with Gasteiger partial charge in [-0.05, 0) is 37.7 Å². The van der Waals surface area contributed by atoms with Crippen LogP contribution in [0.1, 0.15) is 32.6 Å². The van der Waals surface area contributed by atoms with E-state index >= 15 is 0 Å². The Balaban J connectivity index is 2.11. The molecule has 0 amide bonds. The van der Waals surface area contributed by atoms with Crippen LogP contribution in [0.4, 0.5) is 0 Å². The predicted octanol–water partition coefficient (Wildman–Crippen LogP) is 3.44. The molecule has 0 spiro atoms. The number of hydrogen-bond donors (Lipinski definition) is 0. The first-order chi connectivity index (χ1) is 7.20. The van der Waals surface area contributed by atoms with Gasteiger partial charge >= 0.3 is 0 Å². The number of hydrogen-bond acceptors (Lipinski definition) is 1. The van der Waals surface area contributed by atoms with Gasteiger partial charge in [0.15, 0.2) is 0 Å². The van der Waals surface area contributed by atoms with E-state index in [1.54, 1.807) is 0 Å². The standard InChI is InChI=1S/C13H15ClO/c1-7(14)12-9-5-6-10(12)13-8(9)3-2-4-11(13)15/h3,9-10,13H,2,4-6H2,1H3/b12-7+/t9-,10-,13?/m0/s1. The Morgan fingerprint density at radius 1 is 1.47 bits per heavy atom. The van der Waals surface area contributed by atoms with Crippen LogP contribution in [0, 0.1) is 17.8 Å². The van der Waals surface area contributed by atoms with Gasteiger partial charge in [0.05, 0.1) is 0 Å². The van der Waals surface area contributed by atoms with Crippen LogP contribution >= 0.6 is 11.6 Å². The number of rotatable bonds is 0. The van der Waals surface area contributed by atoms with E-state index in [9.17, 15) is 4.79 Å². The molecular formula is C13H15ClO. The van der Waals surface area contributed by atoms with Gasteiger partial charge in [0.2, 0.25) is 0 Å². The summed E-state index contributed by atoms with van der Waals surface area (Å²) < 4.78 is 0. The average Bonchev–Trinajstić information content (AvgIpc) is 2.73. The second kappa shape index (κ2) is 3.21. The molecule has 0 saturated heterocycles. The Morgan fingerprint density at radius 2 is 2.27 bits per heavy atom. The third-order valence-electron chi connectivity index (χ3n) is 4.22. The maximum atomic E-state index is 11.9. The Kier molecular flexibility index (Phi) is 2.07. The Hall–Kier alpha value is -0.560. The van der Waals surface area contributed by atoms with Crippen molar-refractivity contribution in [1.82, 2.24) is 0 Å². The summed E-state index contributed by atoms with van der Waals surface area (Å²) in [7, 11) is 0. The normalized spacial score (nSPS) is 41.6. The molecule has 2 bridgehead atoms. The topological polar surface area (TPSA) is 17.1 Å². The van der Waals surface area contributed by atoms with Crippen LogP contribution < -0.4 is 0 Å². The van der Waals surface area contributed by atoms with Crippen LogP contribution in [0.5, 0.6) is 0 Å². The highest BCUT2D eigenvalue weighted by Crippen LogP contribution is 2.58. The van der Waals surface area contributed by atoms with E-state index in [1.165, 1.54) is 17.6 Å². The second-order valence-electron chi connectivity index (χ2n) is 4.91. The highest BCUT2D eigenvalue weighted by atomic mass is 35.5. The number of carbonyl (C=O) groups excluding carboxylic acids is 1. The van der Waals surface area contributed by atoms with Crippen LogP contribution in [0.15, 0.2) is 22.3 Å². The smallest absolute Gasteiger partial charge is 0.140 e. The van der Waals surface area contributed by atoms with Crippen LogP contribution in [-0.4, -0.2) is 5.78 Å². The molecule has 2 fully saturated rings. The molecule has 80 valence electrons. The minimum Gasteiger partial charge on any atom is -0.299 e. The number of carbonyl (C=O) groups is 1. The maximum absolute atomic E-state index is 11.9. The molecule has 3 rings (SSSR count). The van der Waals surface area contributed by atoms with Gasteiger partial charge in [0.1, 0.15) is 5.78 Å².